The quantitative estimate of drug-likeness (QED) is 0.675. The summed E-state index contributed by atoms with van der Waals surface area (Å²) in [5.41, 5.74) is 0. The third kappa shape index (κ3) is 2.80. The van der Waals surface area contributed by atoms with Crippen molar-refractivity contribution in [1.82, 2.24) is 0 Å². The largest absolute Gasteiger partial charge is 0.396 e. The van der Waals surface area contributed by atoms with Crippen LogP contribution in [0.4, 0.5) is 0 Å². The highest BCUT2D eigenvalue weighted by Gasteiger charge is 2.20. The van der Waals surface area contributed by atoms with Crippen LogP contribution in [-0.2, 0) is 4.74 Å². The van der Waals surface area contributed by atoms with Gasteiger partial charge in [-0.05, 0) is 31.6 Å². The first-order chi connectivity index (χ1) is 5.36. The summed E-state index contributed by atoms with van der Waals surface area (Å²) in [5.74, 6) is 0.707. The topological polar surface area (TPSA) is 29.5 Å². The molecule has 11 heavy (non-hydrogen) atoms. The van der Waals surface area contributed by atoms with Crippen LogP contribution in [-0.4, -0.2) is 24.4 Å². The van der Waals surface area contributed by atoms with Gasteiger partial charge in [0.1, 0.15) is 0 Å². The van der Waals surface area contributed by atoms with Crippen molar-refractivity contribution in [2.24, 2.45) is 5.92 Å². The summed E-state index contributed by atoms with van der Waals surface area (Å²) in [6.07, 6.45) is 4.82. The van der Waals surface area contributed by atoms with Gasteiger partial charge in [0.15, 0.2) is 0 Å². The van der Waals surface area contributed by atoms with Crippen molar-refractivity contribution >= 4 is 0 Å². The van der Waals surface area contributed by atoms with E-state index >= 15 is 0 Å². The molecule has 0 aromatic rings. The van der Waals surface area contributed by atoms with Crippen molar-refractivity contribution in [1.29, 1.82) is 0 Å². The second-order valence-electron chi connectivity index (χ2n) is 3.30. The van der Waals surface area contributed by atoms with Crippen molar-refractivity contribution in [2.45, 2.75) is 38.7 Å². The number of hydrogen-bond acceptors (Lipinski definition) is 2. The monoisotopic (exact) mass is 158 g/mol. The van der Waals surface area contributed by atoms with E-state index in [1.54, 1.807) is 0 Å². The molecule has 1 rings (SSSR count). The molecule has 0 aromatic carbocycles. The van der Waals surface area contributed by atoms with E-state index in [0.29, 0.717) is 18.6 Å². The Hall–Kier alpha value is -0.0800. The van der Waals surface area contributed by atoms with Crippen LogP contribution in [0.15, 0.2) is 0 Å². The molecule has 2 atom stereocenters. The second kappa shape index (κ2) is 4.73. The smallest absolute Gasteiger partial charge is 0.0575 e. The van der Waals surface area contributed by atoms with Gasteiger partial charge in [0.05, 0.1) is 6.10 Å². The van der Waals surface area contributed by atoms with Crippen LogP contribution in [0.2, 0.25) is 0 Å². The molecule has 2 nitrogen and oxygen atoms in total. The average Bonchev–Trinajstić information content (AvgIpc) is 2.06. The number of aliphatic hydroxyl groups excluding tert-OH is 1. The molecular weight excluding hydrogens is 140 g/mol. The fourth-order valence-corrected chi connectivity index (χ4v) is 1.69. The van der Waals surface area contributed by atoms with Crippen molar-refractivity contribution in [3.63, 3.8) is 0 Å². The van der Waals surface area contributed by atoms with E-state index in [9.17, 15) is 0 Å². The Morgan fingerprint density at radius 3 is 3.00 bits per heavy atom. The second-order valence-corrected chi connectivity index (χ2v) is 3.30. The summed E-state index contributed by atoms with van der Waals surface area (Å²) in [6, 6.07) is 0. The first-order valence-corrected chi connectivity index (χ1v) is 4.59. The predicted molar refractivity (Wildman–Crippen MR) is 44.5 cm³/mol. The van der Waals surface area contributed by atoms with Crippen LogP contribution in [0.1, 0.15) is 32.6 Å². The lowest BCUT2D eigenvalue weighted by Crippen LogP contribution is -2.25. The summed E-state index contributed by atoms with van der Waals surface area (Å²) in [4.78, 5) is 0. The SMILES string of the molecule is CCC1CC(CCO)CCO1. The Morgan fingerprint density at radius 2 is 2.36 bits per heavy atom. The highest BCUT2D eigenvalue weighted by atomic mass is 16.5. The van der Waals surface area contributed by atoms with E-state index in [1.165, 1.54) is 0 Å². The first kappa shape index (κ1) is 9.01. The Labute approximate surface area is 68.6 Å². The van der Waals surface area contributed by atoms with Gasteiger partial charge in [0.25, 0.3) is 0 Å². The van der Waals surface area contributed by atoms with Gasteiger partial charge in [-0.3, -0.25) is 0 Å². The zero-order valence-corrected chi connectivity index (χ0v) is 7.25. The highest BCUT2D eigenvalue weighted by Crippen LogP contribution is 2.24. The van der Waals surface area contributed by atoms with E-state index in [1.807, 2.05) is 0 Å². The van der Waals surface area contributed by atoms with Crippen LogP contribution in [0, 0.1) is 5.92 Å². The maximum absolute atomic E-state index is 8.74. The fourth-order valence-electron chi connectivity index (χ4n) is 1.69. The third-order valence-electron chi connectivity index (χ3n) is 2.47. The predicted octanol–water partition coefficient (Wildman–Crippen LogP) is 1.57. The van der Waals surface area contributed by atoms with Gasteiger partial charge in [-0.15, -0.1) is 0 Å². The van der Waals surface area contributed by atoms with Crippen LogP contribution in [0.5, 0.6) is 0 Å². The minimum absolute atomic E-state index is 0.334. The lowest BCUT2D eigenvalue weighted by Gasteiger charge is -2.28. The summed E-state index contributed by atoms with van der Waals surface area (Å²) in [6.45, 7) is 3.39. The molecule has 0 spiro atoms. The molecule has 2 unspecified atom stereocenters. The zero-order chi connectivity index (χ0) is 8.10. The molecular formula is C9H18O2. The first-order valence-electron chi connectivity index (χ1n) is 4.59. The highest BCUT2D eigenvalue weighted by molar-refractivity contribution is 4.70. The molecule has 0 aromatic heterocycles. The Kier molecular flexibility index (Phi) is 3.87. The van der Waals surface area contributed by atoms with Gasteiger partial charge in [-0.1, -0.05) is 6.92 Å². The maximum Gasteiger partial charge on any atom is 0.0575 e. The third-order valence-corrected chi connectivity index (χ3v) is 2.47. The molecule has 0 bridgehead atoms. The summed E-state index contributed by atoms with van der Waals surface area (Å²) in [7, 11) is 0. The molecule has 1 saturated heterocycles. The van der Waals surface area contributed by atoms with Gasteiger partial charge in [-0.2, -0.15) is 0 Å². The molecule has 0 radical (unpaired) electrons. The van der Waals surface area contributed by atoms with Gasteiger partial charge in [0, 0.05) is 13.2 Å². The molecule has 1 fully saturated rings. The molecule has 2 heteroatoms. The fraction of sp³-hybridized carbons (Fsp3) is 1.00. The number of ether oxygens (including phenoxy) is 1. The van der Waals surface area contributed by atoms with Gasteiger partial charge in [0.2, 0.25) is 0 Å². The number of hydrogen-bond donors (Lipinski definition) is 1. The zero-order valence-electron chi connectivity index (χ0n) is 7.25. The summed E-state index contributed by atoms with van der Waals surface area (Å²) >= 11 is 0. The number of aliphatic hydroxyl groups is 1. The molecule has 1 N–H and O–H groups in total. The standard InChI is InChI=1S/C9H18O2/c1-2-9-7-8(3-5-10)4-6-11-9/h8-10H,2-7H2,1H3. The molecule has 0 amide bonds. The van der Waals surface area contributed by atoms with E-state index in [0.717, 1.165) is 32.3 Å². The van der Waals surface area contributed by atoms with E-state index in [4.69, 9.17) is 9.84 Å². The Morgan fingerprint density at radius 1 is 1.55 bits per heavy atom. The normalized spacial score (nSPS) is 32.2. The summed E-state index contributed by atoms with van der Waals surface area (Å²) in [5, 5.41) is 8.74. The van der Waals surface area contributed by atoms with Crippen LogP contribution in [0.3, 0.4) is 0 Å². The van der Waals surface area contributed by atoms with Crippen LogP contribution in [0.25, 0.3) is 0 Å². The lowest BCUT2D eigenvalue weighted by atomic mass is 9.92. The minimum Gasteiger partial charge on any atom is -0.396 e. The van der Waals surface area contributed by atoms with E-state index in [2.05, 4.69) is 6.92 Å². The maximum atomic E-state index is 8.74. The Bertz CT molecular complexity index is 102. The molecule has 66 valence electrons. The van der Waals surface area contributed by atoms with Crippen molar-refractivity contribution in [3.05, 3.63) is 0 Å². The average molecular weight is 158 g/mol. The molecule has 1 aliphatic rings. The van der Waals surface area contributed by atoms with Gasteiger partial charge < -0.3 is 9.84 Å². The van der Waals surface area contributed by atoms with Crippen molar-refractivity contribution < 1.29 is 9.84 Å². The lowest BCUT2D eigenvalue weighted by molar-refractivity contribution is -0.0149. The Balaban J connectivity index is 2.21. The van der Waals surface area contributed by atoms with Crippen LogP contribution >= 0.6 is 0 Å². The molecule has 0 saturated carbocycles. The molecule has 1 heterocycles. The van der Waals surface area contributed by atoms with E-state index in [-0.39, 0.29) is 0 Å². The van der Waals surface area contributed by atoms with Crippen LogP contribution < -0.4 is 0 Å². The van der Waals surface area contributed by atoms with Crippen molar-refractivity contribution in [3.8, 4) is 0 Å². The van der Waals surface area contributed by atoms with Gasteiger partial charge >= 0.3 is 0 Å². The number of rotatable bonds is 3. The molecule has 1 aliphatic heterocycles. The minimum atomic E-state index is 0.334. The molecule has 0 aliphatic carbocycles. The summed E-state index contributed by atoms with van der Waals surface area (Å²) < 4.78 is 5.52. The van der Waals surface area contributed by atoms with Gasteiger partial charge in [-0.25, -0.2) is 0 Å². The van der Waals surface area contributed by atoms with E-state index < -0.39 is 0 Å². The van der Waals surface area contributed by atoms with Crippen molar-refractivity contribution in [2.75, 3.05) is 13.2 Å².